The van der Waals surface area contributed by atoms with E-state index in [9.17, 15) is 9.90 Å². The maximum absolute atomic E-state index is 11.3. The summed E-state index contributed by atoms with van der Waals surface area (Å²) < 4.78 is 0. The van der Waals surface area contributed by atoms with Gasteiger partial charge in [-0.15, -0.1) is 11.3 Å². The summed E-state index contributed by atoms with van der Waals surface area (Å²) in [5, 5.41) is 13.4. The lowest BCUT2D eigenvalue weighted by Gasteiger charge is -2.14. The first-order valence-electron chi connectivity index (χ1n) is 6.44. The molecular weight excluding hydrogens is 294 g/mol. The highest BCUT2D eigenvalue weighted by molar-refractivity contribution is 7.98. The smallest absolute Gasteiger partial charge is 0.327 e. The van der Waals surface area contributed by atoms with Crippen molar-refractivity contribution in [1.29, 1.82) is 0 Å². The van der Waals surface area contributed by atoms with E-state index in [1.807, 2.05) is 6.26 Å². The summed E-state index contributed by atoms with van der Waals surface area (Å²) in [7, 11) is 0. The van der Waals surface area contributed by atoms with Gasteiger partial charge in [-0.05, 0) is 31.1 Å². The predicted octanol–water partition coefficient (Wildman–Crippen LogP) is 2.41. The molecule has 1 atom stereocenters. The Balaban J connectivity index is 2.00. The summed E-state index contributed by atoms with van der Waals surface area (Å²) >= 11 is 3.21. The number of nitrogens with one attached hydrogen (secondary N) is 1. The number of aryl methyl sites for hydroxylation is 2. The number of aliphatic carboxylic acids is 1. The molecule has 2 N–H and O–H groups in total. The van der Waals surface area contributed by atoms with Gasteiger partial charge in [0.2, 0.25) is 0 Å². The summed E-state index contributed by atoms with van der Waals surface area (Å²) in [6, 6.07) is -0.625. The first kappa shape index (κ1) is 13.6. The minimum Gasteiger partial charge on any atom is -0.480 e. The van der Waals surface area contributed by atoms with Crippen molar-refractivity contribution in [3.05, 3.63) is 16.8 Å². The Labute approximate surface area is 124 Å². The van der Waals surface area contributed by atoms with Gasteiger partial charge >= 0.3 is 5.97 Å². The lowest BCUT2D eigenvalue weighted by Crippen LogP contribution is -2.32. The zero-order valence-electron chi connectivity index (χ0n) is 11.0. The fraction of sp³-hybridized carbons (Fsp3) is 0.462. The Morgan fingerprint density at radius 3 is 3.15 bits per heavy atom. The van der Waals surface area contributed by atoms with E-state index in [1.54, 1.807) is 11.3 Å². The van der Waals surface area contributed by atoms with E-state index in [0.29, 0.717) is 11.6 Å². The van der Waals surface area contributed by atoms with Crippen molar-refractivity contribution in [2.24, 2.45) is 0 Å². The SMILES string of the molecule is CSCC(Nc1ncnc2sc3c(c12)CCC3)C(=O)O. The minimum atomic E-state index is -0.849. The molecule has 0 saturated carbocycles. The molecule has 0 spiro atoms. The third-order valence-electron chi connectivity index (χ3n) is 3.44. The van der Waals surface area contributed by atoms with E-state index in [1.165, 1.54) is 35.0 Å². The van der Waals surface area contributed by atoms with Crippen LogP contribution in [0.5, 0.6) is 0 Å². The zero-order valence-corrected chi connectivity index (χ0v) is 12.7. The van der Waals surface area contributed by atoms with Gasteiger partial charge in [-0.1, -0.05) is 0 Å². The zero-order chi connectivity index (χ0) is 14.1. The number of aromatic nitrogens is 2. The van der Waals surface area contributed by atoms with Crippen LogP contribution in [-0.4, -0.2) is 39.1 Å². The third-order valence-corrected chi connectivity index (χ3v) is 5.31. The second-order valence-electron chi connectivity index (χ2n) is 4.75. The van der Waals surface area contributed by atoms with E-state index in [-0.39, 0.29) is 0 Å². The van der Waals surface area contributed by atoms with Gasteiger partial charge in [0.25, 0.3) is 0 Å². The number of carboxylic acid groups (broad SMARTS) is 1. The van der Waals surface area contributed by atoms with E-state index in [0.717, 1.165) is 23.1 Å². The maximum Gasteiger partial charge on any atom is 0.327 e. The van der Waals surface area contributed by atoms with Crippen molar-refractivity contribution < 1.29 is 9.90 Å². The molecule has 5 nitrogen and oxygen atoms in total. The summed E-state index contributed by atoms with van der Waals surface area (Å²) in [5.41, 5.74) is 1.31. The first-order valence-corrected chi connectivity index (χ1v) is 8.65. The summed E-state index contributed by atoms with van der Waals surface area (Å²) in [6.07, 6.45) is 6.71. The molecule has 1 unspecified atom stereocenters. The Hall–Kier alpha value is -1.34. The Kier molecular flexibility index (Phi) is 3.80. The van der Waals surface area contributed by atoms with E-state index >= 15 is 0 Å². The second kappa shape index (κ2) is 5.57. The minimum absolute atomic E-state index is 0.507. The molecule has 0 fully saturated rings. The highest BCUT2D eigenvalue weighted by Gasteiger charge is 2.24. The van der Waals surface area contributed by atoms with Crippen LogP contribution in [0.4, 0.5) is 5.82 Å². The number of carbonyl (C=O) groups is 1. The quantitative estimate of drug-likeness (QED) is 0.883. The molecule has 0 amide bonds. The van der Waals surface area contributed by atoms with Gasteiger partial charge in [-0.2, -0.15) is 11.8 Å². The van der Waals surface area contributed by atoms with Crippen LogP contribution in [-0.2, 0) is 17.6 Å². The molecule has 1 aliphatic rings. The van der Waals surface area contributed by atoms with E-state index < -0.39 is 12.0 Å². The molecule has 2 aromatic rings. The van der Waals surface area contributed by atoms with Crippen LogP contribution in [0.25, 0.3) is 10.2 Å². The number of thioether (sulfide) groups is 1. The first-order chi connectivity index (χ1) is 9.70. The summed E-state index contributed by atoms with van der Waals surface area (Å²) in [5.74, 6) is 0.321. The van der Waals surface area contributed by atoms with Gasteiger partial charge in [0.1, 0.15) is 23.0 Å². The van der Waals surface area contributed by atoms with Crippen molar-refractivity contribution >= 4 is 45.1 Å². The molecule has 0 saturated heterocycles. The molecule has 0 radical (unpaired) electrons. The van der Waals surface area contributed by atoms with Crippen LogP contribution in [0.3, 0.4) is 0 Å². The molecular formula is C13H15N3O2S2. The molecule has 7 heteroatoms. The third kappa shape index (κ3) is 2.35. The fourth-order valence-corrected chi connectivity index (χ4v) is 4.33. The van der Waals surface area contributed by atoms with Crippen LogP contribution >= 0.6 is 23.1 Å². The number of carboxylic acids is 1. The largest absolute Gasteiger partial charge is 0.480 e. The number of rotatable bonds is 5. The van der Waals surface area contributed by atoms with Gasteiger partial charge in [0, 0.05) is 10.6 Å². The Morgan fingerprint density at radius 2 is 2.40 bits per heavy atom. The average molecular weight is 309 g/mol. The van der Waals surface area contributed by atoms with Gasteiger partial charge in [0.15, 0.2) is 0 Å². The van der Waals surface area contributed by atoms with Crippen LogP contribution in [0.15, 0.2) is 6.33 Å². The van der Waals surface area contributed by atoms with Crippen LogP contribution in [0.2, 0.25) is 0 Å². The van der Waals surface area contributed by atoms with Crippen molar-refractivity contribution in [1.82, 2.24) is 9.97 Å². The van der Waals surface area contributed by atoms with E-state index in [4.69, 9.17) is 0 Å². The molecule has 106 valence electrons. The molecule has 2 aromatic heterocycles. The maximum atomic E-state index is 11.3. The number of hydrogen-bond donors (Lipinski definition) is 2. The fourth-order valence-electron chi connectivity index (χ4n) is 2.54. The molecule has 3 rings (SSSR count). The Bertz CT molecular complexity index is 656. The highest BCUT2D eigenvalue weighted by atomic mass is 32.2. The number of nitrogens with zero attached hydrogens (tertiary/aromatic N) is 2. The molecule has 0 aromatic carbocycles. The summed E-state index contributed by atoms with van der Waals surface area (Å²) in [4.78, 5) is 22.2. The number of fused-ring (bicyclic) bond motifs is 3. The molecule has 20 heavy (non-hydrogen) atoms. The number of thiophene rings is 1. The molecule has 1 aliphatic carbocycles. The van der Waals surface area contributed by atoms with Crippen molar-refractivity contribution in [3.63, 3.8) is 0 Å². The van der Waals surface area contributed by atoms with Crippen molar-refractivity contribution in [3.8, 4) is 0 Å². The predicted molar refractivity (Wildman–Crippen MR) is 82.9 cm³/mol. The monoisotopic (exact) mass is 309 g/mol. The lowest BCUT2D eigenvalue weighted by molar-refractivity contribution is -0.137. The molecule has 2 heterocycles. The second-order valence-corrected chi connectivity index (χ2v) is 6.74. The molecule has 0 aliphatic heterocycles. The Morgan fingerprint density at radius 1 is 1.55 bits per heavy atom. The van der Waals surface area contributed by atoms with Crippen LogP contribution < -0.4 is 5.32 Å². The van der Waals surface area contributed by atoms with Crippen molar-refractivity contribution in [2.45, 2.75) is 25.3 Å². The van der Waals surface area contributed by atoms with Gasteiger partial charge < -0.3 is 10.4 Å². The van der Waals surface area contributed by atoms with Gasteiger partial charge in [0.05, 0.1) is 5.39 Å². The van der Waals surface area contributed by atoms with Gasteiger partial charge in [-0.3, -0.25) is 0 Å². The summed E-state index contributed by atoms with van der Waals surface area (Å²) in [6.45, 7) is 0. The standard InChI is InChI=1S/C13H15N3O2S2/c1-19-5-8(13(17)18)16-11-10-7-3-2-4-9(7)20-12(10)15-6-14-11/h6,8H,2-5H2,1H3,(H,17,18)(H,14,15,16). The van der Waals surface area contributed by atoms with Gasteiger partial charge in [-0.25, -0.2) is 14.8 Å². The average Bonchev–Trinajstić information content (AvgIpc) is 2.98. The van der Waals surface area contributed by atoms with E-state index in [2.05, 4.69) is 15.3 Å². The van der Waals surface area contributed by atoms with Crippen molar-refractivity contribution in [2.75, 3.05) is 17.3 Å². The molecule has 0 bridgehead atoms. The lowest BCUT2D eigenvalue weighted by atomic mass is 10.2. The number of hydrogen-bond acceptors (Lipinski definition) is 6. The topological polar surface area (TPSA) is 75.1 Å². The highest BCUT2D eigenvalue weighted by Crippen LogP contribution is 2.39. The number of anilines is 1. The van der Waals surface area contributed by atoms with Crippen LogP contribution in [0, 0.1) is 0 Å². The normalized spacial score (nSPS) is 15.2. The van der Waals surface area contributed by atoms with Crippen LogP contribution in [0.1, 0.15) is 16.9 Å².